The number of nitrogens with zero attached hydrogens (tertiary/aromatic N) is 3. The second-order valence-corrected chi connectivity index (χ2v) is 12.8. The van der Waals surface area contributed by atoms with Crippen molar-refractivity contribution < 1.29 is 28.7 Å². The van der Waals surface area contributed by atoms with Crippen LogP contribution >= 0.6 is 0 Å². The molecule has 5 rings (SSSR count). The fourth-order valence-electron chi connectivity index (χ4n) is 6.53. The van der Waals surface area contributed by atoms with Crippen LogP contribution in [0.5, 0.6) is 5.75 Å². The van der Waals surface area contributed by atoms with Crippen molar-refractivity contribution in [3.05, 3.63) is 29.8 Å². The van der Waals surface area contributed by atoms with Gasteiger partial charge in [-0.2, -0.15) is 0 Å². The van der Waals surface area contributed by atoms with Gasteiger partial charge >= 0.3 is 0 Å². The Labute approximate surface area is 262 Å². The first-order valence-electron chi connectivity index (χ1n) is 16.3. The first kappa shape index (κ1) is 33.7. The Morgan fingerprint density at radius 2 is 1.70 bits per heavy atom. The van der Waals surface area contributed by atoms with Crippen molar-refractivity contribution in [2.45, 2.75) is 83.3 Å². The van der Waals surface area contributed by atoms with Gasteiger partial charge in [-0.25, -0.2) is 0 Å². The Bertz CT molecular complexity index is 1110. The van der Waals surface area contributed by atoms with Crippen LogP contribution in [0.15, 0.2) is 24.3 Å². The Hall–Kier alpha value is -3.18. The number of ether oxygens (including phenoxy) is 2. The van der Waals surface area contributed by atoms with Crippen molar-refractivity contribution in [3.8, 4) is 5.75 Å². The van der Waals surface area contributed by atoms with E-state index in [1.807, 2.05) is 30.9 Å². The number of rotatable bonds is 7. The van der Waals surface area contributed by atoms with Gasteiger partial charge < -0.3 is 29.9 Å². The van der Waals surface area contributed by atoms with Gasteiger partial charge in [0.25, 0.3) is 5.91 Å². The number of carbonyl (C=O) groups is 4. The van der Waals surface area contributed by atoms with E-state index in [1.165, 1.54) is 44.1 Å². The first-order valence-corrected chi connectivity index (χ1v) is 16.3. The number of hydrogen-bond donors (Lipinski definition) is 2. The second kappa shape index (κ2) is 16.8. The molecule has 1 saturated heterocycles. The molecular formula is C33H51N5O6. The average molecular weight is 614 g/mol. The summed E-state index contributed by atoms with van der Waals surface area (Å²) in [6.07, 6.45) is 7.92. The number of nitrogens with one attached hydrogen (secondary N) is 2. The van der Waals surface area contributed by atoms with Crippen LogP contribution in [0.3, 0.4) is 0 Å². The summed E-state index contributed by atoms with van der Waals surface area (Å²) < 4.78 is 10.9. The lowest BCUT2D eigenvalue weighted by Gasteiger charge is -2.33. The highest BCUT2D eigenvalue weighted by Crippen LogP contribution is 2.24. The van der Waals surface area contributed by atoms with E-state index in [4.69, 9.17) is 9.47 Å². The third-order valence-corrected chi connectivity index (χ3v) is 8.85. The molecule has 3 aliphatic heterocycles. The third-order valence-electron chi connectivity index (χ3n) is 8.85. The molecule has 1 aliphatic carbocycles. The molecule has 1 aromatic carbocycles. The first-order chi connectivity index (χ1) is 21.2. The van der Waals surface area contributed by atoms with Crippen LogP contribution in [0.2, 0.25) is 0 Å². The zero-order valence-electron chi connectivity index (χ0n) is 26.7. The van der Waals surface area contributed by atoms with Gasteiger partial charge in [0.05, 0.1) is 13.2 Å². The Kier molecular flexibility index (Phi) is 12.8. The van der Waals surface area contributed by atoms with E-state index in [1.54, 1.807) is 12.1 Å². The lowest BCUT2D eigenvalue weighted by molar-refractivity contribution is -0.142. The molecule has 1 aromatic rings. The van der Waals surface area contributed by atoms with E-state index < -0.39 is 23.9 Å². The minimum absolute atomic E-state index is 0.106. The highest BCUT2D eigenvalue weighted by molar-refractivity contribution is 5.93. The number of benzene rings is 1. The maximum absolute atomic E-state index is 14.0. The molecule has 4 aliphatic rings. The summed E-state index contributed by atoms with van der Waals surface area (Å²) >= 11 is 0. The van der Waals surface area contributed by atoms with Gasteiger partial charge in [0.1, 0.15) is 17.8 Å². The summed E-state index contributed by atoms with van der Waals surface area (Å²) in [6.45, 7) is 6.94. The third kappa shape index (κ3) is 9.92. The number of carbonyl (C=O) groups excluding carboxylic acids is 4. The van der Waals surface area contributed by atoms with Gasteiger partial charge in [0.15, 0.2) is 6.61 Å². The summed E-state index contributed by atoms with van der Waals surface area (Å²) in [5, 5.41) is 5.77. The summed E-state index contributed by atoms with van der Waals surface area (Å²) in [4.78, 5) is 59.9. The quantitative estimate of drug-likeness (QED) is 0.452. The molecule has 1 saturated carbocycles. The highest BCUT2D eigenvalue weighted by atomic mass is 16.5. The number of hydrogen-bond acceptors (Lipinski definition) is 7. The molecule has 44 heavy (non-hydrogen) atoms. The molecule has 2 atom stereocenters. The van der Waals surface area contributed by atoms with Gasteiger partial charge in [0, 0.05) is 52.3 Å². The van der Waals surface area contributed by atoms with Gasteiger partial charge in [-0.15, -0.1) is 0 Å². The van der Waals surface area contributed by atoms with E-state index in [9.17, 15) is 19.2 Å². The largest absolute Gasteiger partial charge is 0.484 e. The molecule has 0 aromatic heterocycles. The minimum atomic E-state index is -0.826. The van der Waals surface area contributed by atoms with Crippen LogP contribution in [0.4, 0.5) is 0 Å². The zero-order chi connectivity index (χ0) is 31.5. The molecule has 2 bridgehead atoms. The molecule has 4 amide bonds. The summed E-state index contributed by atoms with van der Waals surface area (Å²) in [5.74, 6) is -0.690. The molecule has 244 valence electrons. The van der Waals surface area contributed by atoms with Crippen LogP contribution in [0, 0.1) is 5.92 Å². The lowest BCUT2D eigenvalue weighted by atomic mass is 9.94. The zero-order valence-corrected chi connectivity index (χ0v) is 26.7. The van der Waals surface area contributed by atoms with Crippen molar-refractivity contribution in [2.24, 2.45) is 5.92 Å². The standard InChI is InChI=1S/C33H51N5O6/c1-24(2)20-28-33(42)38(18-19-43-3)22-30(39)34-29(21-25-10-12-27(13-11-25)44-23-31(40)35-28)32(41)37-15-7-14-36(16-17-37)26-8-5-4-6-9-26/h10-13,24,26,28-29H,4-9,14-23H2,1-3H3,(H,34,39)(H,35,40)/t28-,29-/m0/s1. The van der Waals surface area contributed by atoms with Crippen molar-refractivity contribution >= 4 is 23.6 Å². The molecule has 3 heterocycles. The topological polar surface area (TPSA) is 121 Å². The predicted molar refractivity (Wildman–Crippen MR) is 167 cm³/mol. The second-order valence-electron chi connectivity index (χ2n) is 12.8. The smallest absolute Gasteiger partial charge is 0.258 e. The normalized spacial score (nSPS) is 23.7. The van der Waals surface area contributed by atoms with Gasteiger partial charge in [0.2, 0.25) is 17.7 Å². The molecule has 0 radical (unpaired) electrons. The molecule has 2 fully saturated rings. The summed E-state index contributed by atoms with van der Waals surface area (Å²) in [7, 11) is 1.53. The van der Waals surface area contributed by atoms with E-state index in [2.05, 4.69) is 15.5 Å². The molecule has 2 N–H and O–H groups in total. The Balaban J connectivity index is 1.55. The van der Waals surface area contributed by atoms with Gasteiger partial charge in [-0.1, -0.05) is 45.2 Å². The van der Waals surface area contributed by atoms with Gasteiger partial charge in [-0.3, -0.25) is 24.1 Å². The summed E-state index contributed by atoms with van der Waals surface area (Å²) in [6, 6.07) is 6.22. The van der Waals surface area contributed by atoms with Crippen LogP contribution < -0.4 is 15.4 Å². The van der Waals surface area contributed by atoms with Crippen LogP contribution in [0.1, 0.15) is 64.4 Å². The fraction of sp³-hybridized carbons (Fsp3) is 0.697. The monoisotopic (exact) mass is 613 g/mol. The van der Waals surface area contributed by atoms with Crippen molar-refractivity contribution in [3.63, 3.8) is 0 Å². The maximum Gasteiger partial charge on any atom is 0.258 e. The fourth-order valence-corrected chi connectivity index (χ4v) is 6.53. The van der Waals surface area contributed by atoms with E-state index in [0.717, 1.165) is 25.1 Å². The Morgan fingerprint density at radius 3 is 2.41 bits per heavy atom. The van der Waals surface area contributed by atoms with Crippen LogP contribution in [0.25, 0.3) is 0 Å². The summed E-state index contributed by atoms with van der Waals surface area (Å²) in [5.41, 5.74) is 0.857. The van der Waals surface area contributed by atoms with Crippen molar-refractivity contribution in [1.82, 2.24) is 25.3 Å². The highest BCUT2D eigenvalue weighted by Gasteiger charge is 2.32. The maximum atomic E-state index is 14.0. The minimum Gasteiger partial charge on any atom is -0.484 e. The Morgan fingerprint density at radius 1 is 0.955 bits per heavy atom. The predicted octanol–water partition coefficient (Wildman–Crippen LogP) is 1.98. The van der Waals surface area contributed by atoms with Crippen LogP contribution in [-0.4, -0.2) is 116 Å². The van der Waals surface area contributed by atoms with Crippen LogP contribution in [-0.2, 0) is 30.3 Å². The van der Waals surface area contributed by atoms with E-state index >= 15 is 0 Å². The molecular weight excluding hydrogens is 562 g/mol. The lowest BCUT2D eigenvalue weighted by Crippen LogP contribution is -2.55. The average Bonchev–Trinajstić information content (AvgIpc) is 3.28. The SMILES string of the molecule is COCCN1CC(=O)N[C@H](C(=O)N2CCCN(C3CCCCC3)CC2)Cc2ccc(cc2)OCC(=O)N[C@@H](CC(C)C)C1=O. The van der Waals surface area contributed by atoms with E-state index in [-0.39, 0.29) is 44.0 Å². The van der Waals surface area contributed by atoms with E-state index in [0.29, 0.717) is 37.7 Å². The van der Waals surface area contributed by atoms with Crippen molar-refractivity contribution in [1.29, 1.82) is 0 Å². The molecule has 0 unspecified atom stereocenters. The van der Waals surface area contributed by atoms with Crippen molar-refractivity contribution in [2.75, 3.05) is 59.6 Å². The molecule has 0 spiro atoms. The van der Waals surface area contributed by atoms with Gasteiger partial charge in [-0.05, 0) is 49.3 Å². The number of methoxy groups -OCH3 is 1. The number of amides is 4. The number of fused-ring (bicyclic) bond motifs is 13. The molecule has 11 heteroatoms. The molecule has 11 nitrogen and oxygen atoms in total.